The van der Waals surface area contributed by atoms with Gasteiger partial charge in [0.25, 0.3) is 0 Å². The highest BCUT2D eigenvalue weighted by Gasteiger charge is 2.18. The molecule has 6 heteroatoms. The van der Waals surface area contributed by atoms with Crippen LogP contribution in [0.3, 0.4) is 0 Å². The van der Waals surface area contributed by atoms with Crippen molar-refractivity contribution in [3.8, 4) is 6.07 Å². The van der Waals surface area contributed by atoms with Crippen LogP contribution in [-0.4, -0.2) is 21.2 Å². The third kappa shape index (κ3) is 5.93. The molecule has 0 aliphatic heterocycles. The van der Waals surface area contributed by atoms with Gasteiger partial charge in [0, 0.05) is 13.0 Å². The van der Waals surface area contributed by atoms with E-state index < -0.39 is 10.0 Å². The number of sulfonamides is 1. The van der Waals surface area contributed by atoms with E-state index in [0.717, 1.165) is 18.4 Å². The lowest BCUT2D eigenvalue weighted by atomic mass is 9.88. The standard InChI is InChI=1S/C14H21N3O2S/c1-14(2,9-6-10-15)11-16-12-7-4-5-8-13(12)17-20(3,18)19/h4-5,7-8,16-17H,6,9,11H2,1-3H3. The molecule has 110 valence electrons. The van der Waals surface area contributed by atoms with Gasteiger partial charge in [0.1, 0.15) is 0 Å². The Hall–Kier alpha value is -1.74. The number of anilines is 2. The van der Waals surface area contributed by atoms with E-state index >= 15 is 0 Å². The van der Waals surface area contributed by atoms with Crippen molar-refractivity contribution in [2.45, 2.75) is 26.7 Å². The zero-order valence-corrected chi connectivity index (χ0v) is 12.9. The zero-order chi connectivity index (χ0) is 15.2. The van der Waals surface area contributed by atoms with E-state index in [1.807, 2.05) is 12.1 Å². The van der Waals surface area contributed by atoms with Gasteiger partial charge < -0.3 is 5.32 Å². The minimum atomic E-state index is -3.30. The van der Waals surface area contributed by atoms with Crippen LogP contribution in [0.5, 0.6) is 0 Å². The van der Waals surface area contributed by atoms with Crippen LogP contribution in [0, 0.1) is 16.7 Å². The first-order chi connectivity index (χ1) is 9.23. The second kappa shape index (κ2) is 6.62. The summed E-state index contributed by atoms with van der Waals surface area (Å²) in [6, 6.07) is 9.31. The molecule has 1 aromatic carbocycles. The summed E-state index contributed by atoms with van der Waals surface area (Å²) >= 11 is 0. The first-order valence-electron chi connectivity index (χ1n) is 6.41. The molecule has 0 amide bonds. The van der Waals surface area contributed by atoms with Gasteiger partial charge in [-0.3, -0.25) is 4.72 Å². The predicted octanol–water partition coefficient (Wildman–Crippen LogP) is 2.80. The second-order valence-electron chi connectivity index (χ2n) is 5.60. The molecular formula is C14H21N3O2S. The van der Waals surface area contributed by atoms with E-state index in [9.17, 15) is 8.42 Å². The van der Waals surface area contributed by atoms with Gasteiger partial charge >= 0.3 is 0 Å². The molecule has 0 aromatic heterocycles. The number of benzene rings is 1. The molecule has 0 atom stereocenters. The van der Waals surface area contributed by atoms with E-state index in [1.54, 1.807) is 12.1 Å². The van der Waals surface area contributed by atoms with E-state index in [2.05, 4.69) is 30.0 Å². The Kier molecular flexibility index (Phi) is 5.40. The molecule has 2 N–H and O–H groups in total. The lowest BCUT2D eigenvalue weighted by molar-refractivity contribution is 0.364. The molecule has 1 aromatic rings. The first kappa shape index (κ1) is 16.3. The number of hydrogen-bond donors (Lipinski definition) is 2. The van der Waals surface area contributed by atoms with Gasteiger partial charge in [-0.1, -0.05) is 26.0 Å². The Labute approximate surface area is 121 Å². The molecule has 0 radical (unpaired) electrons. The Balaban J connectivity index is 2.76. The average Bonchev–Trinajstić information content (AvgIpc) is 2.34. The smallest absolute Gasteiger partial charge is 0.229 e. The lowest BCUT2D eigenvalue weighted by Gasteiger charge is -2.25. The third-order valence-corrected chi connectivity index (χ3v) is 3.48. The van der Waals surface area contributed by atoms with Crippen LogP contribution in [-0.2, 0) is 10.0 Å². The summed E-state index contributed by atoms with van der Waals surface area (Å²) in [6.07, 6.45) is 2.43. The van der Waals surface area contributed by atoms with Gasteiger partial charge in [0.2, 0.25) is 10.0 Å². The second-order valence-corrected chi connectivity index (χ2v) is 7.34. The van der Waals surface area contributed by atoms with Gasteiger partial charge in [0.05, 0.1) is 23.7 Å². The highest BCUT2D eigenvalue weighted by atomic mass is 32.2. The predicted molar refractivity (Wildman–Crippen MR) is 82.0 cm³/mol. The van der Waals surface area contributed by atoms with Crippen LogP contribution < -0.4 is 10.0 Å². The van der Waals surface area contributed by atoms with E-state index in [0.29, 0.717) is 18.7 Å². The minimum absolute atomic E-state index is 0.0338. The van der Waals surface area contributed by atoms with Crippen molar-refractivity contribution in [1.82, 2.24) is 0 Å². The van der Waals surface area contributed by atoms with E-state index in [-0.39, 0.29) is 5.41 Å². The van der Waals surface area contributed by atoms with Crippen LogP contribution >= 0.6 is 0 Å². The van der Waals surface area contributed by atoms with Crippen molar-refractivity contribution in [3.05, 3.63) is 24.3 Å². The summed E-state index contributed by atoms with van der Waals surface area (Å²) in [7, 11) is -3.30. The number of nitriles is 1. The molecule has 5 nitrogen and oxygen atoms in total. The van der Waals surface area contributed by atoms with E-state index in [1.165, 1.54) is 0 Å². The third-order valence-electron chi connectivity index (χ3n) is 2.89. The highest BCUT2D eigenvalue weighted by molar-refractivity contribution is 7.92. The number of hydrogen-bond acceptors (Lipinski definition) is 4. The molecule has 0 saturated heterocycles. The fraction of sp³-hybridized carbons (Fsp3) is 0.500. The topological polar surface area (TPSA) is 82.0 Å². The average molecular weight is 295 g/mol. The quantitative estimate of drug-likeness (QED) is 0.810. The van der Waals surface area contributed by atoms with Crippen LogP contribution in [0.25, 0.3) is 0 Å². The molecule has 0 fully saturated rings. The van der Waals surface area contributed by atoms with Gasteiger partial charge in [-0.05, 0) is 24.0 Å². The largest absolute Gasteiger partial charge is 0.383 e. The van der Waals surface area contributed by atoms with Crippen LogP contribution in [0.4, 0.5) is 11.4 Å². The van der Waals surface area contributed by atoms with Crippen molar-refractivity contribution < 1.29 is 8.42 Å². The van der Waals surface area contributed by atoms with Crippen LogP contribution in [0.1, 0.15) is 26.7 Å². The summed E-state index contributed by atoms with van der Waals surface area (Å²) in [5, 5.41) is 11.9. The molecule has 0 saturated carbocycles. The number of nitrogens with zero attached hydrogens (tertiary/aromatic N) is 1. The molecule has 20 heavy (non-hydrogen) atoms. The van der Waals surface area contributed by atoms with E-state index in [4.69, 9.17) is 5.26 Å². The molecule has 1 rings (SSSR count). The zero-order valence-electron chi connectivity index (χ0n) is 12.1. The maximum atomic E-state index is 11.3. The maximum Gasteiger partial charge on any atom is 0.229 e. The summed E-state index contributed by atoms with van der Waals surface area (Å²) in [4.78, 5) is 0. The summed E-state index contributed by atoms with van der Waals surface area (Å²) in [5.74, 6) is 0. The van der Waals surface area contributed by atoms with Gasteiger partial charge in [-0.2, -0.15) is 5.26 Å². The van der Waals surface area contributed by atoms with Crippen LogP contribution in [0.2, 0.25) is 0 Å². The summed E-state index contributed by atoms with van der Waals surface area (Å²) < 4.78 is 25.1. The number of para-hydroxylation sites is 2. The van der Waals surface area contributed by atoms with Crippen LogP contribution in [0.15, 0.2) is 24.3 Å². The Morgan fingerprint density at radius 1 is 1.25 bits per heavy atom. The normalized spacial score (nSPS) is 11.7. The first-order valence-corrected chi connectivity index (χ1v) is 8.30. The lowest BCUT2D eigenvalue weighted by Crippen LogP contribution is -2.23. The SMILES string of the molecule is CC(C)(CCC#N)CNc1ccccc1NS(C)(=O)=O. The van der Waals surface area contributed by atoms with Gasteiger partial charge in [0.15, 0.2) is 0 Å². The fourth-order valence-electron chi connectivity index (χ4n) is 1.74. The van der Waals surface area contributed by atoms with Crippen molar-refractivity contribution in [2.75, 3.05) is 22.8 Å². The van der Waals surface area contributed by atoms with Crippen molar-refractivity contribution in [1.29, 1.82) is 5.26 Å². The molecule has 0 aliphatic rings. The Morgan fingerprint density at radius 2 is 1.85 bits per heavy atom. The van der Waals surface area contributed by atoms with Crippen molar-refractivity contribution in [2.24, 2.45) is 5.41 Å². The Morgan fingerprint density at radius 3 is 2.40 bits per heavy atom. The fourth-order valence-corrected chi connectivity index (χ4v) is 2.32. The minimum Gasteiger partial charge on any atom is -0.383 e. The molecule has 0 aliphatic carbocycles. The van der Waals surface area contributed by atoms with Crippen molar-refractivity contribution in [3.63, 3.8) is 0 Å². The summed E-state index contributed by atoms with van der Waals surface area (Å²) in [6.45, 7) is 4.81. The van der Waals surface area contributed by atoms with Gasteiger partial charge in [-0.15, -0.1) is 0 Å². The molecule has 0 spiro atoms. The number of rotatable bonds is 7. The van der Waals surface area contributed by atoms with Gasteiger partial charge in [-0.25, -0.2) is 8.42 Å². The monoisotopic (exact) mass is 295 g/mol. The van der Waals surface area contributed by atoms with Crippen molar-refractivity contribution >= 4 is 21.4 Å². The highest BCUT2D eigenvalue weighted by Crippen LogP contribution is 2.26. The summed E-state index contributed by atoms with van der Waals surface area (Å²) in [5.41, 5.74) is 1.24. The molecule has 0 heterocycles. The molecular weight excluding hydrogens is 274 g/mol. The molecule has 0 bridgehead atoms. The number of nitrogens with one attached hydrogen (secondary N) is 2. The maximum absolute atomic E-state index is 11.3. The Bertz CT molecular complexity index is 589. The molecule has 0 unspecified atom stereocenters.